The highest BCUT2D eigenvalue weighted by Gasteiger charge is 2.29. The van der Waals surface area contributed by atoms with Crippen LogP contribution in [0.25, 0.3) is 11.1 Å². The third kappa shape index (κ3) is 8.33. The minimum atomic E-state index is -1.15. The third-order valence-electron chi connectivity index (χ3n) is 6.15. The van der Waals surface area contributed by atoms with E-state index in [-0.39, 0.29) is 37.7 Å². The van der Waals surface area contributed by atoms with Gasteiger partial charge in [0.1, 0.15) is 18.2 Å². The number of ether oxygens (including phenoxy) is 2. The third-order valence-corrected chi connectivity index (χ3v) is 6.15. The predicted molar refractivity (Wildman–Crippen MR) is 142 cm³/mol. The zero-order valence-electron chi connectivity index (χ0n) is 22.1. The van der Waals surface area contributed by atoms with E-state index in [4.69, 9.17) is 9.47 Å². The van der Waals surface area contributed by atoms with Gasteiger partial charge in [-0.25, -0.2) is 9.59 Å². The number of carbonyl (C=O) groups excluding carboxylic acids is 3. The molecule has 0 radical (unpaired) electrons. The molecule has 0 bridgehead atoms. The number of carboxylic acid groups (broad SMARTS) is 1. The first kappa shape index (κ1) is 28.7. The monoisotopic (exact) mass is 524 g/mol. The molecule has 1 atom stereocenters. The molecule has 3 rings (SSSR count). The van der Waals surface area contributed by atoms with Gasteiger partial charge in [0.2, 0.25) is 5.91 Å². The molecule has 3 N–H and O–H groups in total. The summed E-state index contributed by atoms with van der Waals surface area (Å²) in [6, 6.07) is 14.8. The first-order valence-corrected chi connectivity index (χ1v) is 12.9. The van der Waals surface area contributed by atoms with E-state index in [1.54, 1.807) is 20.8 Å². The van der Waals surface area contributed by atoms with Gasteiger partial charge in [0.05, 0.1) is 6.42 Å². The highest BCUT2D eigenvalue weighted by molar-refractivity contribution is 5.82. The van der Waals surface area contributed by atoms with Crippen molar-refractivity contribution >= 4 is 23.9 Å². The molecule has 0 saturated heterocycles. The molecule has 9 heteroatoms. The number of benzene rings is 2. The Morgan fingerprint density at radius 3 is 2.11 bits per heavy atom. The fourth-order valence-corrected chi connectivity index (χ4v) is 4.44. The van der Waals surface area contributed by atoms with Crippen LogP contribution < -0.4 is 10.6 Å². The van der Waals surface area contributed by atoms with Crippen LogP contribution in [0.15, 0.2) is 48.5 Å². The Hall–Kier alpha value is -3.88. The van der Waals surface area contributed by atoms with Gasteiger partial charge in [0, 0.05) is 18.9 Å². The standard InChI is InChI=1S/C29H36N2O7/c1-29(2,3)38-26(33)16-15-25(32)30-17-9-8-14-24(27(34)35)31-28(36)37-18-23-21-12-6-4-10-19(21)20-11-5-7-13-22(20)23/h4-7,10-13,23-24H,8-9,14-18H2,1-3H3,(H,30,32)(H,31,36)(H,34,35). The van der Waals surface area contributed by atoms with Gasteiger partial charge in [-0.3, -0.25) is 9.59 Å². The van der Waals surface area contributed by atoms with Crippen LogP contribution in [0.1, 0.15) is 69.9 Å². The first-order valence-electron chi connectivity index (χ1n) is 12.9. The Labute approximate surface area is 222 Å². The number of carbonyl (C=O) groups is 4. The number of unbranched alkanes of at least 4 members (excludes halogenated alkanes) is 1. The second-order valence-corrected chi connectivity index (χ2v) is 10.3. The number of fused-ring (bicyclic) bond motifs is 3. The summed E-state index contributed by atoms with van der Waals surface area (Å²) in [5.74, 6) is -1.98. The summed E-state index contributed by atoms with van der Waals surface area (Å²) in [4.78, 5) is 47.7. The second kappa shape index (κ2) is 13.1. The smallest absolute Gasteiger partial charge is 0.407 e. The van der Waals surface area contributed by atoms with E-state index in [2.05, 4.69) is 10.6 Å². The first-order chi connectivity index (χ1) is 18.0. The molecule has 204 valence electrons. The molecule has 0 heterocycles. The number of alkyl carbamates (subject to hydrolysis) is 1. The normalized spacial score (nSPS) is 13.1. The van der Waals surface area contributed by atoms with Crippen LogP contribution >= 0.6 is 0 Å². The van der Waals surface area contributed by atoms with Gasteiger partial charge in [0.25, 0.3) is 0 Å². The van der Waals surface area contributed by atoms with Crippen LogP contribution in [0.4, 0.5) is 4.79 Å². The zero-order chi connectivity index (χ0) is 27.7. The Bertz CT molecular complexity index is 1110. The molecule has 38 heavy (non-hydrogen) atoms. The summed E-state index contributed by atoms with van der Waals surface area (Å²) in [7, 11) is 0. The molecule has 1 aliphatic carbocycles. The fraction of sp³-hybridized carbons (Fsp3) is 0.448. The van der Waals surface area contributed by atoms with Crippen molar-refractivity contribution in [2.75, 3.05) is 13.2 Å². The largest absolute Gasteiger partial charge is 0.480 e. The quantitative estimate of drug-likeness (QED) is 0.277. The molecular weight excluding hydrogens is 488 g/mol. The average molecular weight is 525 g/mol. The molecule has 9 nitrogen and oxygen atoms in total. The van der Waals surface area contributed by atoms with Crippen LogP contribution in [-0.4, -0.2) is 53.8 Å². The van der Waals surface area contributed by atoms with Crippen molar-refractivity contribution in [3.05, 3.63) is 59.7 Å². The van der Waals surface area contributed by atoms with Gasteiger partial charge in [-0.05, 0) is 62.3 Å². The number of amides is 2. The second-order valence-electron chi connectivity index (χ2n) is 10.3. The lowest BCUT2D eigenvalue weighted by molar-refractivity contribution is -0.155. The van der Waals surface area contributed by atoms with Crippen LogP contribution in [-0.2, 0) is 23.9 Å². The molecule has 0 fully saturated rings. The molecule has 2 aromatic carbocycles. The summed E-state index contributed by atoms with van der Waals surface area (Å²) in [5.41, 5.74) is 3.77. The van der Waals surface area contributed by atoms with Crippen molar-refractivity contribution in [2.24, 2.45) is 0 Å². The number of carboxylic acids is 1. The SMILES string of the molecule is CC(C)(C)OC(=O)CCC(=O)NCCCCC(NC(=O)OCC1c2ccccc2-c2ccccc21)C(=O)O. The highest BCUT2D eigenvalue weighted by Crippen LogP contribution is 2.44. The highest BCUT2D eigenvalue weighted by atomic mass is 16.6. The Morgan fingerprint density at radius 2 is 1.53 bits per heavy atom. The summed E-state index contributed by atoms with van der Waals surface area (Å²) in [6.07, 6.45) is 0.411. The molecule has 1 aliphatic rings. The number of aliphatic carboxylic acids is 1. The topological polar surface area (TPSA) is 131 Å². The number of nitrogens with one attached hydrogen (secondary N) is 2. The van der Waals surface area contributed by atoms with Crippen LogP contribution in [0.3, 0.4) is 0 Å². The van der Waals surface area contributed by atoms with E-state index in [0.29, 0.717) is 19.4 Å². The van der Waals surface area contributed by atoms with Gasteiger partial charge in [-0.2, -0.15) is 0 Å². The molecule has 1 unspecified atom stereocenters. The molecule has 0 spiro atoms. The lowest BCUT2D eigenvalue weighted by Crippen LogP contribution is -2.41. The van der Waals surface area contributed by atoms with Crippen molar-refractivity contribution in [1.82, 2.24) is 10.6 Å². The minimum Gasteiger partial charge on any atom is -0.480 e. The summed E-state index contributed by atoms with van der Waals surface area (Å²) in [6.45, 7) is 5.72. The van der Waals surface area contributed by atoms with Crippen LogP contribution in [0.5, 0.6) is 0 Å². The number of rotatable bonds is 12. The average Bonchev–Trinajstić information content (AvgIpc) is 3.18. The van der Waals surface area contributed by atoms with Crippen molar-refractivity contribution in [3.8, 4) is 11.1 Å². The van der Waals surface area contributed by atoms with E-state index in [1.807, 2.05) is 48.5 Å². The van der Waals surface area contributed by atoms with Gasteiger partial charge in [0.15, 0.2) is 0 Å². The summed E-state index contributed by atoms with van der Waals surface area (Å²) in [5, 5.41) is 14.7. The number of hydrogen-bond donors (Lipinski definition) is 3. The number of esters is 1. The predicted octanol–water partition coefficient (Wildman–Crippen LogP) is 4.39. The van der Waals surface area contributed by atoms with Gasteiger partial charge >= 0.3 is 18.0 Å². The molecule has 0 saturated carbocycles. The Kier molecular flexibility index (Phi) is 9.87. The van der Waals surface area contributed by atoms with Crippen molar-refractivity contribution in [1.29, 1.82) is 0 Å². The molecule has 0 aliphatic heterocycles. The lowest BCUT2D eigenvalue weighted by atomic mass is 9.98. The molecule has 2 aromatic rings. The van der Waals surface area contributed by atoms with Crippen LogP contribution in [0.2, 0.25) is 0 Å². The minimum absolute atomic E-state index is 0.00570. The zero-order valence-corrected chi connectivity index (χ0v) is 22.1. The van der Waals surface area contributed by atoms with E-state index in [1.165, 1.54) is 0 Å². The van der Waals surface area contributed by atoms with Gasteiger partial charge < -0.3 is 25.2 Å². The maximum atomic E-state index is 12.4. The van der Waals surface area contributed by atoms with Gasteiger partial charge in [-0.1, -0.05) is 48.5 Å². The van der Waals surface area contributed by atoms with E-state index in [9.17, 15) is 24.3 Å². The van der Waals surface area contributed by atoms with E-state index in [0.717, 1.165) is 22.3 Å². The number of hydrogen-bond acceptors (Lipinski definition) is 6. The summed E-state index contributed by atoms with van der Waals surface area (Å²) >= 11 is 0. The Morgan fingerprint density at radius 1 is 0.921 bits per heavy atom. The molecular formula is C29H36N2O7. The van der Waals surface area contributed by atoms with Crippen LogP contribution in [0, 0.1) is 0 Å². The Balaban J connectivity index is 1.38. The molecule has 2 amide bonds. The van der Waals surface area contributed by atoms with Crippen molar-refractivity contribution in [3.63, 3.8) is 0 Å². The summed E-state index contributed by atoms with van der Waals surface area (Å²) < 4.78 is 10.6. The maximum absolute atomic E-state index is 12.4. The lowest BCUT2D eigenvalue weighted by Gasteiger charge is -2.19. The maximum Gasteiger partial charge on any atom is 0.407 e. The van der Waals surface area contributed by atoms with Gasteiger partial charge in [-0.15, -0.1) is 0 Å². The van der Waals surface area contributed by atoms with E-state index >= 15 is 0 Å². The fourth-order valence-electron chi connectivity index (χ4n) is 4.44. The van der Waals surface area contributed by atoms with Crippen molar-refractivity contribution in [2.45, 2.75) is 70.4 Å². The van der Waals surface area contributed by atoms with E-state index < -0.39 is 29.7 Å². The van der Waals surface area contributed by atoms with Crippen molar-refractivity contribution < 1.29 is 33.8 Å². The molecule has 0 aromatic heterocycles.